The van der Waals surface area contributed by atoms with Gasteiger partial charge in [0.1, 0.15) is 6.10 Å². The Bertz CT molecular complexity index is 492. The lowest BCUT2D eigenvalue weighted by molar-refractivity contribution is -0.137. The highest BCUT2D eigenvalue weighted by atomic mass is 79.9. The highest BCUT2D eigenvalue weighted by Crippen LogP contribution is 2.31. The smallest absolute Gasteiger partial charge is 0.385 e. The summed E-state index contributed by atoms with van der Waals surface area (Å²) in [6.07, 6.45) is -9.76. The summed E-state index contributed by atoms with van der Waals surface area (Å²) >= 11 is 2.89. The van der Waals surface area contributed by atoms with Crippen molar-refractivity contribution in [3.05, 3.63) is 33.8 Å². The molecule has 1 amide bonds. The van der Waals surface area contributed by atoms with Crippen LogP contribution in [0.15, 0.2) is 22.7 Å². The number of aliphatic hydroxyl groups excluding tert-OH is 1. The van der Waals surface area contributed by atoms with Gasteiger partial charge in [0.05, 0.1) is 11.1 Å². The standard InChI is InChI=1S/C11H9BrF5NO2/c12-7-2-1-5(11(15,16)17)3-6(7)10(20)18-4-8(19)9(13)14/h1-3,8-9,19H,4H2,(H,18,20). The summed E-state index contributed by atoms with van der Waals surface area (Å²) in [5.74, 6) is -0.998. The van der Waals surface area contributed by atoms with E-state index in [1.165, 1.54) is 0 Å². The van der Waals surface area contributed by atoms with Crippen molar-refractivity contribution in [2.45, 2.75) is 18.7 Å². The molecule has 1 atom stereocenters. The van der Waals surface area contributed by atoms with Crippen LogP contribution in [0, 0.1) is 0 Å². The zero-order valence-corrected chi connectivity index (χ0v) is 11.3. The largest absolute Gasteiger partial charge is 0.416 e. The van der Waals surface area contributed by atoms with Crippen molar-refractivity contribution in [1.29, 1.82) is 0 Å². The van der Waals surface area contributed by atoms with Crippen LogP contribution in [0.2, 0.25) is 0 Å². The Kier molecular flexibility index (Phi) is 5.46. The van der Waals surface area contributed by atoms with E-state index in [0.717, 1.165) is 12.1 Å². The van der Waals surface area contributed by atoms with Gasteiger partial charge in [0.2, 0.25) is 0 Å². The van der Waals surface area contributed by atoms with Gasteiger partial charge in [-0.2, -0.15) is 13.2 Å². The van der Waals surface area contributed by atoms with Gasteiger partial charge >= 0.3 is 6.18 Å². The molecule has 20 heavy (non-hydrogen) atoms. The number of carbonyl (C=O) groups is 1. The first-order valence-corrected chi connectivity index (χ1v) is 6.03. The van der Waals surface area contributed by atoms with Crippen molar-refractivity contribution in [3.63, 3.8) is 0 Å². The molecule has 0 bridgehead atoms. The minimum atomic E-state index is -4.63. The van der Waals surface area contributed by atoms with E-state index >= 15 is 0 Å². The van der Waals surface area contributed by atoms with Crippen molar-refractivity contribution in [2.75, 3.05) is 6.54 Å². The third-order valence-electron chi connectivity index (χ3n) is 2.30. The van der Waals surface area contributed by atoms with Crippen LogP contribution in [0.1, 0.15) is 15.9 Å². The zero-order chi connectivity index (χ0) is 15.5. The normalized spacial score (nSPS) is 13.4. The second-order valence-corrected chi connectivity index (χ2v) is 4.66. The summed E-state index contributed by atoms with van der Waals surface area (Å²) in [6, 6.07) is 2.39. The SMILES string of the molecule is O=C(NCC(O)C(F)F)c1cc(C(F)(F)F)ccc1Br. The van der Waals surface area contributed by atoms with Crippen LogP contribution in [-0.2, 0) is 6.18 Å². The number of hydrogen-bond donors (Lipinski definition) is 2. The van der Waals surface area contributed by atoms with E-state index in [1.807, 2.05) is 5.32 Å². The summed E-state index contributed by atoms with van der Waals surface area (Å²) < 4.78 is 61.6. The van der Waals surface area contributed by atoms with E-state index in [2.05, 4.69) is 15.9 Å². The lowest BCUT2D eigenvalue weighted by Crippen LogP contribution is -2.36. The third kappa shape index (κ3) is 4.41. The molecule has 0 saturated carbocycles. The minimum Gasteiger partial charge on any atom is -0.385 e. The maximum absolute atomic E-state index is 12.5. The van der Waals surface area contributed by atoms with E-state index in [-0.39, 0.29) is 10.0 Å². The van der Waals surface area contributed by atoms with Crippen molar-refractivity contribution in [2.24, 2.45) is 0 Å². The predicted molar refractivity (Wildman–Crippen MR) is 63.5 cm³/mol. The van der Waals surface area contributed by atoms with Crippen LogP contribution < -0.4 is 5.32 Å². The Morgan fingerprint density at radius 2 is 1.95 bits per heavy atom. The van der Waals surface area contributed by atoms with Gasteiger partial charge in [-0.3, -0.25) is 4.79 Å². The molecule has 1 aromatic carbocycles. The summed E-state index contributed by atoms with van der Waals surface area (Å²) in [5, 5.41) is 10.8. The number of amides is 1. The topological polar surface area (TPSA) is 49.3 Å². The quantitative estimate of drug-likeness (QED) is 0.810. The molecule has 1 unspecified atom stereocenters. The number of nitrogens with one attached hydrogen (secondary N) is 1. The van der Waals surface area contributed by atoms with Gasteiger partial charge in [0.25, 0.3) is 12.3 Å². The average Bonchev–Trinajstić information content (AvgIpc) is 2.34. The lowest BCUT2D eigenvalue weighted by Gasteiger charge is -2.13. The first-order valence-electron chi connectivity index (χ1n) is 5.24. The molecule has 0 heterocycles. The highest BCUT2D eigenvalue weighted by Gasteiger charge is 2.31. The van der Waals surface area contributed by atoms with E-state index in [9.17, 15) is 26.7 Å². The van der Waals surface area contributed by atoms with Crippen molar-refractivity contribution in [3.8, 4) is 0 Å². The molecule has 0 aromatic heterocycles. The molecule has 1 rings (SSSR count). The van der Waals surface area contributed by atoms with E-state index in [1.54, 1.807) is 0 Å². The number of hydrogen-bond acceptors (Lipinski definition) is 2. The Hall–Kier alpha value is -1.22. The molecular weight excluding hydrogens is 353 g/mol. The van der Waals surface area contributed by atoms with Crippen LogP contribution in [-0.4, -0.2) is 30.1 Å². The van der Waals surface area contributed by atoms with Gasteiger partial charge in [-0.15, -0.1) is 0 Å². The number of benzene rings is 1. The average molecular weight is 362 g/mol. The Balaban J connectivity index is 2.87. The van der Waals surface area contributed by atoms with Crippen molar-refractivity contribution >= 4 is 21.8 Å². The fourth-order valence-corrected chi connectivity index (χ4v) is 1.68. The van der Waals surface area contributed by atoms with Crippen LogP contribution in [0.25, 0.3) is 0 Å². The second kappa shape index (κ2) is 6.49. The number of halogens is 6. The van der Waals surface area contributed by atoms with Crippen LogP contribution in [0.5, 0.6) is 0 Å². The maximum atomic E-state index is 12.5. The predicted octanol–water partition coefficient (Wildman–Crippen LogP) is 2.82. The molecule has 1 aromatic rings. The first-order chi connectivity index (χ1) is 9.12. The molecule has 0 aliphatic rings. The Labute approximate surface area is 118 Å². The van der Waals surface area contributed by atoms with Crippen LogP contribution in [0.3, 0.4) is 0 Å². The van der Waals surface area contributed by atoms with Crippen LogP contribution >= 0.6 is 15.9 Å². The molecule has 0 fully saturated rings. The summed E-state index contributed by atoms with van der Waals surface area (Å²) in [4.78, 5) is 11.6. The zero-order valence-electron chi connectivity index (χ0n) is 9.72. The first kappa shape index (κ1) is 16.8. The molecule has 112 valence electrons. The minimum absolute atomic E-state index is 0.0783. The van der Waals surface area contributed by atoms with E-state index in [0.29, 0.717) is 6.07 Å². The molecule has 3 nitrogen and oxygen atoms in total. The number of aliphatic hydroxyl groups is 1. The van der Waals surface area contributed by atoms with Gasteiger partial charge in [0.15, 0.2) is 0 Å². The molecule has 0 aliphatic carbocycles. The molecule has 0 aliphatic heterocycles. The Morgan fingerprint density at radius 3 is 2.45 bits per heavy atom. The molecule has 9 heteroatoms. The fraction of sp³-hybridized carbons (Fsp3) is 0.364. The fourth-order valence-electron chi connectivity index (χ4n) is 1.26. The third-order valence-corrected chi connectivity index (χ3v) is 2.99. The molecule has 0 spiro atoms. The van der Waals surface area contributed by atoms with E-state index < -0.39 is 36.7 Å². The van der Waals surface area contributed by atoms with Crippen LogP contribution in [0.4, 0.5) is 22.0 Å². The molecule has 2 N–H and O–H groups in total. The van der Waals surface area contributed by atoms with Crippen molar-refractivity contribution in [1.82, 2.24) is 5.32 Å². The molecular formula is C11H9BrF5NO2. The summed E-state index contributed by atoms with van der Waals surface area (Å²) in [6.45, 7) is -0.765. The molecule has 0 radical (unpaired) electrons. The molecule has 0 saturated heterocycles. The maximum Gasteiger partial charge on any atom is 0.416 e. The van der Waals surface area contributed by atoms with Gasteiger partial charge in [-0.25, -0.2) is 8.78 Å². The lowest BCUT2D eigenvalue weighted by atomic mass is 10.1. The van der Waals surface area contributed by atoms with Gasteiger partial charge in [-0.1, -0.05) is 0 Å². The van der Waals surface area contributed by atoms with Crippen molar-refractivity contribution < 1.29 is 31.9 Å². The monoisotopic (exact) mass is 361 g/mol. The van der Waals surface area contributed by atoms with Gasteiger partial charge in [0, 0.05) is 11.0 Å². The summed E-state index contributed by atoms with van der Waals surface area (Å²) in [5.41, 5.74) is -1.40. The van der Waals surface area contributed by atoms with E-state index in [4.69, 9.17) is 5.11 Å². The number of carbonyl (C=O) groups excluding carboxylic acids is 1. The highest BCUT2D eigenvalue weighted by molar-refractivity contribution is 9.10. The van der Waals surface area contributed by atoms with Gasteiger partial charge in [-0.05, 0) is 34.1 Å². The number of rotatable bonds is 4. The second-order valence-electron chi connectivity index (χ2n) is 3.80. The number of alkyl halides is 5. The summed E-state index contributed by atoms with van der Waals surface area (Å²) in [7, 11) is 0. The Morgan fingerprint density at radius 1 is 1.35 bits per heavy atom. The van der Waals surface area contributed by atoms with Gasteiger partial charge < -0.3 is 10.4 Å².